The van der Waals surface area contributed by atoms with Crippen molar-refractivity contribution >= 4 is 34.6 Å². The number of aromatic nitrogens is 2. The molecule has 3 rings (SSSR count). The van der Waals surface area contributed by atoms with Gasteiger partial charge in [0.25, 0.3) is 5.56 Å². The lowest BCUT2D eigenvalue weighted by Gasteiger charge is -2.01. The summed E-state index contributed by atoms with van der Waals surface area (Å²) in [5, 5.41) is 19.0. The molecule has 0 bridgehead atoms. The summed E-state index contributed by atoms with van der Waals surface area (Å²) >= 11 is 7.00. The molecule has 0 unspecified atom stereocenters. The van der Waals surface area contributed by atoms with Crippen LogP contribution in [0.5, 0.6) is 0 Å². The first kappa shape index (κ1) is 16.7. The standard InChI is InChI=1S/C18H9ClN4OS/c19-14-1-3-15(4-2-14)23-17(24)16(9-12-5-7-22-8-6-12)25-18(23)13(10-20)11-21/h1-9H. The van der Waals surface area contributed by atoms with Crippen LogP contribution in [0.25, 0.3) is 17.3 Å². The van der Waals surface area contributed by atoms with E-state index in [1.165, 1.54) is 4.57 Å². The Morgan fingerprint density at radius 2 is 1.76 bits per heavy atom. The van der Waals surface area contributed by atoms with Gasteiger partial charge in [0.15, 0.2) is 5.57 Å². The summed E-state index contributed by atoms with van der Waals surface area (Å²) in [6, 6.07) is 13.9. The van der Waals surface area contributed by atoms with Crippen molar-refractivity contribution in [3.63, 3.8) is 0 Å². The molecule has 3 aromatic rings. The Kier molecular flexibility index (Phi) is 4.76. The van der Waals surface area contributed by atoms with Gasteiger partial charge in [-0.1, -0.05) is 11.6 Å². The molecule has 0 spiro atoms. The van der Waals surface area contributed by atoms with E-state index in [1.54, 1.807) is 54.9 Å². The van der Waals surface area contributed by atoms with Crippen LogP contribution in [0.2, 0.25) is 5.02 Å². The van der Waals surface area contributed by atoms with E-state index in [1.807, 2.05) is 12.1 Å². The minimum Gasteiger partial charge on any atom is -0.267 e. The van der Waals surface area contributed by atoms with E-state index in [2.05, 4.69) is 4.98 Å². The SMILES string of the molecule is N#CC(C#N)=c1sc(=Cc2ccncc2)c(=O)n1-c1ccc(Cl)cc1. The first-order valence-electron chi connectivity index (χ1n) is 7.08. The molecule has 25 heavy (non-hydrogen) atoms. The fourth-order valence-corrected chi connectivity index (χ4v) is 3.39. The molecule has 0 radical (unpaired) electrons. The highest BCUT2D eigenvalue weighted by Crippen LogP contribution is 2.11. The molecule has 0 amide bonds. The van der Waals surface area contributed by atoms with Gasteiger partial charge >= 0.3 is 0 Å². The zero-order valence-electron chi connectivity index (χ0n) is 12.7. The Morgan fingerprint density at radius 1 is 1.12 bits per heavy atom. The summed E-state index contributed by atoms with van der Waals surface area (Å²) in [4.78, 5) is 16.8. The first-order chi connectivity index (χ1) is 12.1. The zero-order chi connectivity index (χ0) is 17.8. The smallest absolute Gasteiger partial charge is 0.267 e. The van der Waals surface area contributed by atoms with Crippen LogP contribution in [0.15, 0.2) is 53.6 Å². The Labute approximate surface area is 151 Å². The molecule has 2 heterocycles. The minimum absolute atomic E-state index is 0.119. The largest absolute Gasteiger partial charge is 0.273 e. The van der Waals surface area contributed by atoms with Gasteiger partial charge in [0.05, 0.1) is 10.2 Å². The van der Waals surface area contributed by atoms with Gasteiger partial charge in [-0.2, -0.15) is 10.5 Å². The molecule has 0 atom stereocenters. The van der Waals surface area contributed by atoms with Crippen molar-refractivity contribution < 1.29 is 0 Å². The maximum Gasteiger partial charge on any atom is 0.273 e. The van der Waals surface area contributed by atoms with Crippen molar-refractivity contribution in [1.82, 2.24) is 9.55 Å². The zero-order valence-corrected chi connectivity index (χ0v) is 14.3. The van der Waals surface area contributed by atoms with Crippen LogP contribution in [-0.2, 0) is 0 Å². The van der Waals surface area contributed by atoms with E-state index in [0.29, 0.717) is 15.2 Å². The Balaban J connectivity index is 2.39. The molecule has 0 aliphatic heterocycles. The van der Waals surface area contributed by atoms with Crippen molar-refractivity contribution in [2.75, 3.05) is 0 Å². The fourth-order valence-electron chi connectivity index (χ4n) is 2.21. The third kappa shape index (κ3) is 3.36. The maximum atomic E-state index is 12.9. The molecule has 0 fully saturated rings. The highest BCUT2D eigenvalue weighted by Gasteiger charge is 2.11. The lowest BCUT2D eigenvalue weighted by molar-refractivity contribution is 0.988. The van der Waals surface area contributed by atoms with Crippen LogP contribution in [0.3, 0.4) is 0 Å². The second-order valence-corrected chi connectivity index (χ2v) is 6.38. The van der Waals surface area contributed by atoms with Crippen LogP contribution in [-0.4, -0.2) is 9.55 Å². The number of nitriles is 2. The summed E-state index contributed by atoms with van der Waals surface area (Å²) in [5.41, 5.74) is 0.921. The number of thiazole rings is 1. The van der Waals surface area contributed by atoms with Crippen LogP contribution >= 0.6 is 22.9 Å². The van der Waals surface area contributed by atoms with Crippen molar-refractivity contribution in [3.8, 4) is 17.8 Å². The normalized spacial score (nSPS) is 10.9. The number of rotatable bonds is 2. The van der Waals surface area contributed by atoms with Gasteiger partial charge in [0, 0.05) is 17.4 Å². The minimum atomic E-state index is -0.304. The Bertz CT molecular complexity index is 1160. The average molecular weight is 365 g/mol. The quantitative estimate of drug-likeness (QED) is 0.696. The van der Waals surface area contributed by atoms with E-state index < -0.39 is 0 Å². The number of halogens is 1. The molecular formula is C18H9ClN4OS. The van der Waals surface area contributed by atoms with E-state index in [9.17, 15) is 15.3 Å². The first-order valence-corrected chi connectivity index (χ1v) is 8.27. The van der Waals surface area contributed by atoms with Crippen LogP contribution in [0.4, 0.5) is 0 Å². The van der Waals surface area contributed by atoms with Gasteiger partial charge in [-0.25, -0.2) is 0 Å². The maximum absolute atomic E-state index is 12.9. The number of pyridine rings is 1. The predicted molar refractivity (Wildman–Crippen MR) is 96.6 cm³/mol. The average Bonchev–Trinajstić information content (AvgIpc) is 2.94. The van der Waals surface area contributed by atoms with Gasteiger partial charge in [-0.05, 0) is 48.0 Å². The molecule has 0 saturated heterocycles. The number of hydrogen-bond donors (Lipinski definition) is 0. The monoisotopic (exact) mass is 364 g/mol. The van der Waals surface area contributed by atoms with Gasteiger partial charge in [-0.3, -0.25) is 14.3 Å². The lowest BCUT2D eigenvalue weighted by atomic mass is 10.2. The topological polar surface area (TPSA) is 82.5 Å². The second kappa shape index (κ2) is 7.14. The van der Waals surface area contributed by atoms with Crippen molar-refractivity contribution in [2.45, 2.75) is 0 Å². The lowest BCUT2D eigenvalue weighted by Crippen LogP contribution is -2.30. The van der Waals surface area contributed by atoms with Crippen molar-refractivity contribution in [3.05, 3.63) is 78.9 Å². The molecule has 5 nitrogen and oxygen atoms in total. The summed E-state index contributed by atoms with van der Waals surface area (Å²) in [7, 11) is 0. The van der Waals surface area contributed by atoms with Crippen LogP contribution < -0.4 is 14.8 Å². The molecule has 0 saturated carbocycles. The van der Waals surface area contributed by atoms with Crippen molar-refractivity contribution in [1.29, 1.82) is 10.5 Å². The predicted octanol–water partition coefficient (Wildman–Crippen LogP) is 1.97. The van der Waals surface area contributed by atoms with E-state index in [0.717, 1.165) is 16.9 Å². The third-order valence-corrected chi connectivity index (χ3v) is 4.69. The van der Waals surface area contributed by atoms with Crippen LogP contribution in [0, 0.1) is 22.7 Å². The van der Waals surface area contributed by atoms with E-state index in [4.69, 9.17) is 11.6 Å². The van der Waals surface area contributed by atoms with Gasteiger partial charge in [0.1, 0.15) is 16.8 Å². The number of nitrogens with zero attached hydrogens (tertiary/aromatic N) is 4. The summed E-state index contributed by atoms with van der Waals surface area (Å²) in [6.07, 6.45) is 4.96. The highest BCUT2D eigenvalue weighted by atomic mass is 35.5. The summed E-state index contributed by atoms with van der Waals surface area (Å²) in [5.74, 6) is 0. The molecular weight excluding hydrogens is 356 g/mol. The molecule has 120 valence electrons. The molecule has 1 aromatic carbocycles. The Morgan fingerprint density at radius 3 is 2.36 bits per heavy atom. The highest BCUT2D eigenvalue weighted by molar-refractivity contribution is 7.07. The van der Waals surface area contributed by atoms with Gasteiger partial charge in [-0.15, -0.1) is 11.3 Å². The fraction of sp³-hybridized carbons (Fsp3) is 0. The molecule has 7 heteroatoms. The third-order valence-electron chi connectivity index (χ3n) is 3.35. The molecule has 0 N–H and O–H groups in total. The van der Waals surface area contributed by atoms with Crippen LogP contribution in [0.1, 0.15) is 5.56 Å². The summed E-state index contributed by atoms with van der Waals surface area (Å²) < 4.78 is 2.06. The number of hydrogen-bond acceptors (Lipinski definition) is 5. The summed E-state index contributed by atoms with van der Waals surface area (Å²) in [6.45, 7) is 0. The van der Waals surface area contributed by atoms with Gasteiger partial charge < -0.3 is 0 Å². The molecule has 0 aliphatic carbocycles. The molecule has 2 aromatic heterocycles. The van der Waals surface area contributed by atoms with Crippen molar-refractivity contribution in [2.24, 2.45) is 0 Å². The number of benzene rings is 1. The van der Waals surface area contributed by atoms with E-state index in [-0.39, 0.29) is 15.8 Å². The molecule has 0 aliphatic rings. The van der Waals surface area contributed by atoms with E-state index >= 15 is 0 Å². The van der Waals surface area contributed by atoms with Gasteiger partial charge in [0.2, 0.25) is 0 Å². The Hall–Kier alpha value is -3.19. The second-order valence-electron chi connectivity index (χ2n) is 4.91.